The van der Waals surface area contributed by atoms with E-state index in [1.807, 2.05) is 6.08 Å². The molecule has 1 rings (SSSR count). The van der Waals surface area contributed by atoms with Gasteiger partial charge in [-0.15, -0.1) is 0 Å². The molecule has 0 heterocycles. The van der Waals surface area contributed by atoms with Crippen LogP contribution in [0.1, 0.15) is 58.3 Å². The molecule has 0 saturated heterocycles. The van der Waals surface area contributed by atoms with Gasteiger partial charge in [0.2, 0.25) is 0 Å². The lowest BCUT2D eigenvalue weighted by molar-refractivity contribution is 0.132. The number of nitrogens with one attached hydrogen (secondary N) is 1. The monoisotopic (exact) mass is 355 g/mol. The van der Waals surface area contributed by atoms with Crippen LogP contribution in [0.25, 0.3) is 0 Å². The second kappa shape index (κ2) is 10.2. The van der Waals surface area contributed by atoms with Gasteiger partial charge in [0.1, 0.15) is 0 Å². The van der Waals surface area contributed by atoms with Crippen LogP contribution in [0.2, 0.25) is 25.7 Å². The molecule has 0 fully saturated rings. The van der Waals surface area contributed by atoms with Gasteiger partial charge in [-0.1, -0.05) is 77.2 Å². The topological polar surface area (TPSA) is 58.6 Å². The highest BCUT2D eigenvalue weighted by atomic mass is 28.3. The van der Waals surface area contributed by atoms with E-state index in [0.29, 0.717) is 13.0 Å². The molecule has 2 N–H and O–H groups in total. The molecule has 24 heavy (non-hydrogen) atoms. The maximum Gasteiger partial charge on any atom is 0.407 e. The van der Waals surface area contributed by atoms with E-state index in [0.717, 1.165) is 18.9 Å². The molecular weight excluding hydrogens is 318 g/mol. The molecule has 4 nitrogen and oxygen atoms in total. The highest BCUT2D eigenvalue weighted by molar-refractivity contribution is 6.76. The Labute approximate surface area is 149 Å². The molecule has 0 spiro atoms. The summed E-state index contributed by atoms with van der Waals surface area (Å²) < 4.78 is 5.37. The molecule has 5 heteroatoms. The van der Waals surface area contributed by atoms with Gasteiger partial charge in [0.05, 0.1) is 18.2 Å². The third-order valence-electron chi connectivity index (χ3n) is 4.62. The Balaban J connectivity index is 2.38. The molecule has 1 unspecified atom stereocenters. The van der Waals surface area contributed by atoms with E-state index < -0.39 is 19.7 Å². The summed E-state index contributed by atoms with van der Waals surface area (Å²) in [4.78, 5) is 12.1. The van der Waals surface area contributed by atoms with Gasteiger partial charge in [-0.25, -0.2) is 4.79 Å². The van der Waals surface area contributed by atoms with Crippen molar-refractivity contribution >= 4 is 14.2 Å². The van der Waals surface area contributed by atoms with Crippen molar-refractivity contribution in [3.8, 4) is 0 Å². The molecule has 1 aliphatic rings. The van der Waals surface area contributed by atoms with Crippen molar-refractivity contribution in [2.24, 2.45) is 0 Å². The molecule has 0 bridgehead atoms. The van der Waals surface area contributed by atoms with Crippen LogP contribution in [0.15, 0.2) is 12.2 Å². The van der Waals surface area contributed by atoms with Crippen molar-refractivity contribution < 1.29 is 14.6 Å². The first-order valence-electron chi connectivity index (χ1n) is 9.59. The lowest BCUT2D eigenvalue weighted by Gasteiger charge is -2.29. The van der Waals surface area contributed by atoms with Gasteiger partial charge >= 0.3 is 6.09 Å². The molecule has 1 amide bonds. The standard InChI is InChI=1S/C19H37NO3Si/c1-5-6-7-8-9-10-12-19(13-11-17(21)16-19)20-18(22)23-14-15-24(2,3)4/h11,13,17,21H,5-10,12,14-16H2,1-4H3,(H,20,22)/t17?,19-/m1/s1. The number of carbonyl (C=O) groups excluding carboxylic acids is 1. The predicted molar refractivity (Wildman–Crippen MR) is 103 cm³/mol. The largest absolute Gasteiger partial charge is 0.450 e. The molecule has 0 aromatic heterocycles. The van der Waals surface area contributed by atoms with Crippen LogP contribution in [0.3, 0.4) is 0 Å². The summed E-state index contributed by atoms with van der Waals surface area (Å²) in [5.41, 5.74) is -0.430. The second-order valence-electron chi connectivity index (χ2n) is 8.38. The van der Waals surface area contributed by atoms with Gasteiger partial charge in [-0.2, -0.15) is 0 Å². The maximum atomic E-state index is 12.1. The smallest absolute Gasteiger partial charge is 0.407 e. The number of alkyl carbamates (subject to hydrolysis) is 1. The Hall–Kier alpha value is -0.813. The fourth-order valence-corrected chi connectivity index (χ4v) is 3.77. The van der Waals surface area contributed by atoms with E-state index in [4.69, 9.17) is 4.74 Å². The van der Waals surface area contributed by atoms with Crippen molar-refractivity contribution in [2.75, 3.05) is 6.61 Å². The number of amides is 1. The summed E-state index contributed by atoms with van der Waals surface area (Å²) in [5, 5.41) is 12.9. The Morgan fingerprint density at radius 2 is 1.92 bits per heavy atom. The summed E-state index contributed by atoms with van der Waals surface area (Å²) >= 11 is 0. The molecule has 2 atom stereocenters. The van der Waals surface area contributed by atoms with E-state index >= 15 is 0 Å². The van der Waals surface area contributed by atoms with Crippen LogP contribution >= 0.6 is 0 Å². The fraction of sp³-hybridized carbons (Fsp3) is 0.842. The molecule has 0 aromatic carbocycles. The summed E-state index contributed by atoms with van der Waals surface area (Å²) in [6, 6.07) is 0.976. The number of unbranched alkanes of at least 4 members (excludes halogenated alkanes) is 5. The van der Waals surface area contributed by atoms with E-state index in [1.165, 1.54) is 32.1 Å². The van der Waals surface area contributed by atoms with Gasteiger partial charge in [0.25, 0.3) is 0 Å². The quantitative estimate of drug-likeness (QED) is 0.316. The van der Waals surface area contributed by atoms with Crippen LogP contribution in [0, 0.1) is 0 Å². The zero-order valence-corrected chi connectivity index (χ0v) is 17.1. The average Bonchev–Trinajstić information content (AvgIpc) is 2.82. The summed E-state index contributed by atoms with van der Waals surface area (Å²) in [6.07, 6.45) is 11.7. The van der Waals surface area contributed by atoms with E-state index in [1.54, 1.807) is 6.08 Å². The fourth-order valence-electron chi connectivity index (χ4n) is 3.06. The third-order valence-corrected chi connectivity index (χ3v) is 6.33. The number of hydrogen-bond donors (Lipinski definition) is 2. The summed E-state index contributed by atoms with van der Waals surface area (Å²) in [6.45, 7) is 9.51. The van der Waals surface area contributed by atoms with Gasteiger partial charge in [-0.05, 0) is 12.5 Å². The van der Waals surface area contributed by atoms with Crippen molar-refractivity contribution in [2.45, 2.75) is 95.6 Å². The lowest BCUT2D eigenvalue weighted by atomic mass is 9.91. The highest BCUT2D eigenvalue weighted by Crippen LogP contribution is 2.29. The van der Waals surface area contributed by atoms with E-state index in [9.17, 15) is 9.90 Å². The lowest BCUT2D eigenvalue weighted by Crippen LogP contribution is -2.47. The van der Waals surface area contributed by atoms with Crippen LogP contribution in [0.5, 0.6) is 0 Å². The first-order valence-corrected chi connectivity index (χ1v) is 13.3. The minimum Gasteiger partial charge on any atom is -0.450 e. The van der Waals surface area contributed by atoms with Gasteiger partial charge in [0.15, 0.2) is 0 Å². The minimum absolute atomic E-state index is 0.349. The molecular formula is C19H37NO3Si. The average molecular weight is 356 g/mol. The highest BCUT2D eigenvalue weighted by Gasteiger charge is 2.35. The molecule has 0 saturated carbocycles. The Morgan fingerprint density at radius 3 is 2.50 bits per heavy atom. The normalized spacial score (nSPS) is 23.5. The Morgan fingerprint density at radius 1 is 1.25 bits per heavy atom. The Kier molecular flexibility index (Phi) is 9.06. The predicted octanol–water partition coefficient (Wildman–Crippen LogP) is 4.86. The SMILES string of the molecule is CCCCCCCC[C@@]1(NC(=O)OCC[Si](C)(C)C)C=CC(O)C1. The molecule has 0 aromatic rings. The van der Waals surface area contributed by atoms with Crippen molar-refractivity contribution in [1.82, 2.24) is 5.32 Å². The molecule has 0 aliphatic heterocycles. The Bertz CT molecular complexity index is 406. The zero-order valence-electron chi connectivity index (χ0n) is 16.1. The summed E-state index contributed by atoms with van der Waals surface area (Å²) in [7, 11) is -1.19. The van der Waals surface area contributed by atoms with Crippen LogP contribution < -0.4 is 5.32 Å². The number of aliphatic hydroxyl groups is 1. The summed E-state index contributed by atoms with van der Waals surface area (Å²) in [5.74, 6) is 0. The first-order chi connectivity index (χ1) is 11.3. The maximum absolute atomic E-state index is 12.1. The molecule has 140 valence electrons. The van der Waals surface area contributed by atoms with Crippen molar-refractivity contribution in [3.63, 3.8) is 0 Å². The molecule has 1 aliphatic carbocycles. The van der Waals surface area contributed by atoms with Gasteiger partial charge in [-0.3, -0.25) is 0 Å². The number of rotatable bonds is 11. The number of ether oxygens (including phenoxy) is 1. The van der Waals surface area contributed by atoms with Crippen molar-refractivity contribution in [1.29, 1.82) is 0 Å². The molecule has 0 radical (unpaired) electrons. The van der Waals surface area contributed by atoms with E-state index in [-0.39, 0.29) is 6.09 Å². The van der Waals surface area contributed by atoms with Crippen LogP contribution in [0.4, 0.5) is 4.79 Å². The van der Waals surface area contributed by atoms with Crippen LogP contribution in [-0.4, -0.2) is 37.5 Å². The van der Waals surface area contributed by atoms with E-state index in [2.05, 4.69) is 31.9 Å². The van der Waals surface area contributed by atoms with Gasteiger partial charge < -0.3 is 15.2 Å². The second-order valence-corrected chi connectivity index (χ2v) is 14.0. The van der Waals surface area contributed by atoms with Crippen molar-refractivity contribution in [3.05, 3.63) is 12.2 Å². The first kappa shape index (κ1) is 21.2. The van der Waals surface area contributed by atoms with Gasteiger partial charge in [0, 0.05) is 14.5 Å². The number of aliphatic hydroxyl groups excluding tert-OH is 1. The third kappa shape index (κ3) is 8.88. The van der Waals surface area contributed by atoms with Crippen LogP contribution in [-0.2, 0) is 4.74 Å². The number of hydrogen-bond acceptors (Lipinski definition) is 3. The zero-order chi connectivity index (χ0) is 18.1. The minimum atomic E-state index is -1.19. The number of carbonyl (C=O) groups is 1.